The molecule has 1 aliphatic heterocycles. The van der Waals surface area contributed by atoms with Gasteiger partial charge in [-0.3, -0.25) is 9.69 Å². The molecular weight excluding hydrogens is 533 g/mol. The van der Waals surface area contributed by atoms with Crippen molar-refractivity contribution in [2.24, 2.45) is 0 Å². The molecule has 212 valence electrons. The van der Waals surface area contributed by atoms with Gasteiger partial charge in [0.15, 0.2) is 11.3 Å². The first kappa shape index (κ1) is 28.1. The molecule has 5 rings (SSSR count). The highest BCUT2D eigenvalue weighted by atomic mass is 19.4. The molecule has 3 heterocycles. The van der Waals surface area contributed by atoms with Crippen molar-refractivity contribution < 1.29 is 22.7 Å². The van der Waals surface area contributed by atoms with E-state index in [9.17, 15) is 18.0 Å². The highest BCUT2D eigenvalue weighted by Crippen LogP contribution is 2.37. The average molecular weight is 563 g/mol. The molecule has 0 spiro atoms. The fourth-order valence-corrected chi connectivity index (χ4v) is 5.43. The van der Waals surface area contributed by atoms with Crippen LogP contribution in [0.5, 0.6) is 5.75 Å². The molecule has 41 heavy (non-hydrogen) atoms. The molecule has 0 radical (unpaired) electrons. The van der Waals surface area contributed by atoms with E-state index >= 15 is 0 Å². The molecule has 0 N–H and O–H groups in total. The summed E-state index contributed by atoms with van der Waals surface area (Å²) in [6, 6.07) is 16.0. The van der Waals surface area contributed by atoms with E-state index in [4.69, 9.17) is 10.00 Å². The van der Waals surface area contributed by atoms with Gasteiger partial charge < -0.3 is 9.64 Å². The fraction of sp³-hybridized carbons (Fsp3) is 0.333. The van der Waals surface area contributed by atoms with Crippen LogP contribution in [0.25, 0.3) is 16.9 Å². The Bertz CT molecular complexity index is 1620. The number of hydrogen-bond donors (Lipinski definition) is 0. The normalized spacial score (nSPS) is 16.9. The molecule has 2 atom stereocenters. The number of amides is 1. The van der Waals surface area contributed by atoms with Crippen LogP contribution in [-0.4, -0.2) is 63.1 Å². The van der Waals surface area contributed by atoms with Gasteiger partial charge in [-0.15, -0.1) is 0 Å². The SMILES string of the molecule is COc1ccc(-c2nc3c(C(=O)N4CCN([C@@H](C)c5ccc(C#N)cc5)C[C@H]4C)cnn3c(C(F)(F)F)c2C)cc1. The molecule has 0 unspecified atom stereocenters. The summed E-state index contributed by atoms with van der Waals surface area (Å²) in [7, 11) is 1.50. The first-order valence-electron chi connectivity index (χ1n) is 13.2. The number of nitriles is 1. The zero-order valence-electron chi connectivity index (χ0n) is 23.1. The Morgan fingerprint density at radius 3 is 2.39 bits per heavy atom. The van der Waals surface area contributed by atoms with Gasteiger partial charge in [0.2, 0.25) is 0 Å². The minimum Gasteiger partial charge on any atom is -0.497 e. The number of carbonyl (C=O) groups excluding carboxylic acids is 1. The van der Waals surface area contributed by atoms with Gasteiger partial charge in [0.05, 0.1) is 30.6 Å². The van der Waals surface area contributed by atoms with Crippen LogP contribution in [-0.2, 0) is 6.18 Å². The number of halogens is 3. The highest BCUT2D eigenvalue weighted by molar-refractivity contribution is 6.00. The molecule has 1 fully saturated rings. The minimum atomic E-state index is -4.72. The number of alkyl halides is 3. The van der Waals surface area contributed by atoms with Gasteiger partial charge >= 0.3 is 6.18 Å². The quantitative estimate of drug-likeness (QED) is 0.319. The summed E-state index contributed by atoms with van der Waals surface area (Å²) in [6.07, 6.45) is -3.55. The number of ether oxygens (including phenoxy) is 1. The van der Waals surface area contributed by atoms with Crippen molar-refractivity contribution in [3.8, 4) is 23.1 Å². The summed E-state index contributed by atoms with van der Waals surface area (Å²) < 4.78 is 48.8. The van der Waals surface area contributed by atoms with E-state index in [0.717, 1.165) is 10.1 Å². The summed E-state index contributed by atoms with van der Waals surface area (Å²) in [6.45, 7) is 6.89. The van der Waals surface area contributed by atoms with Gasteiger partial charge in [-0.05, 0) is 62.7 Å². The van der Waals surface area contributed by atoms with E-state index in [0.29, 0.717) is 36.5 Å². The Morgan fingerprint density at radius 2 is 1.80 bits per heavy atom. The second-order valence-electron chi connectivity index (χ2n) is 10.2. The molecule has 1 saturated heterocycles. The number of hydrogen-bond acceptors (Lipinski definition) is 6. The highest BCUT2D eigenvalue weighted by Gasteiger charge is 2.39. The zero-order valence-corrected chi connectivity index (χ0v) is 23.1. The van der Waals surface area contributed by atoms with Crippen LogP contribution in [0, 0.1) is 18.3 Å². The fourth-order valence-electron chi connectivity index (χ4n) is 5.43. The van der Waals surface area contributed by atoms with Gasteiger partial charge in [-0.1, -0.05) is 12.1 Å². The van der Waals surface area contributed by atoms with Crippen LogP contribution < -0.4 is 4.74 Å². The summed E-state index contributed by atoms with van der Waals surface area (Å²) in [5, 5.41) is 13.0. The Morgan fingerprint density at radius 1 is 1.12 bits per heavy atom. The first-order chi connectivity index (χ1) is 19.5. The van der Waals surface area contributed by atoms with Crippen molar-refractivity contribution >= 4 is 11.6 Å². The number of piperazine rings is 1. The van der Waals surface area contributed by atoms with Crippen molar-refractivity contribution in [2.75, 3.05) is 26.7 Å². The predicted molar refractivity (Wildman–Crippen MR) is 146 cm³/mol. The van der Waals surface area contributed by atoms with Gasteiger partial charge in [-0.2, -0.15) is 23.5 Å². The van der Waals surface area contributed by atoms with Crippen LogP contribution in [0.3, 0.4) is 0 Å². The van der Waals surface area contributed by atoms with Gasteiger partial charge in [0, 0.05) is 42.8 Å². The van der Waals surface area contributed by atoms with Crippen LogP contribution in [0.15, 0.2) is 54.7 Å². The van der Waals surface area contributed by atoms with Crippen LogP contribution in [0.4, 0.5) is 13.2 Å². The number of methoxy groups -OCH3 is 1. The van der Waals surface area contributed by atoms with E-state index in [1.807, 2.05) is 19.1 Å². The van der Waals surface area contributed by atoms with Crippen molar-refractivity contribution in [2.45, 2.75) is 39.0 Å². The van der Waals surface area contributed by atoms with Gasteiger partial charge in [-0.25, -0.2) is 9.50 Å². The van der Waals surface area contributed by atoms with E-state index in [-0.39, 0.29) is 34.6 Å². The number of rotatable bonds is 5. The lowest BCUT2D eigenvalue weighted by Gasteiger charge is -2.42. The molecule has 8 nitrogen and oxygen atoms in total. The molecule has 11 heteroatoms. The number of carbonyl (C=O) groups is 1. The predicted octanol–water partition coefficient (Wildman–Crippen LogP) is 5.51. The Hall–Kier alpha value is -4.43. The molecule has 1 aliphatic rings. The topological polar surface area (TPSA) is 86.8 Å². The molecule has 1 amide bonds. The maximum Gasteiger partial charge on any atom is 0.433 e. The second-order valence-corrected chi connectivity index (χ2v) is 10.2. The standard InChI is InChI=1S/C30H29F3N6O2/c1-18-17-37(20(3)22-7-5-21(15-34)6-8-22)13-14-38(18)29(40)25-16-35-39-27(30(31,32)33)19(2)26(36-28(25)39)23-9-11-24(41-4)12-10-23/h5-12,16,18,20H,13-14,17H2,1-4H3/t18-,20+/m1/s1. The Kier molecular flexibility index (Phi) is 7.44. The maximum atomic E-state index is 14.3. The van der Waals surface area contributed by atoms with Crippen molar-refractivity contribution in [3.63, 3.8) is 0 Å². The van der Waals surface area contributed by atoms with E-state index in [1.165, 1.54) is 20.2 Å². The van der Waals surface area contributed by atoms with Crippen LogP contribution in [0.2, 0.25) is 0 Å². The van der Waals surface area contributed by atoms with Crippen molar-refractivity contribution in [1.29, 1.82) is 5.26 Å². The Labute approximate surface area is 235 Å². The van der Waals surface area contributed by atoms with E-state index in [1.54, 1.807) is 41.3 Å². The second kappa shape index (κ2) is 10.9. The number of aromatic nitrogens is 3. The smallest absolute Gasteiger partial charge is 0.433 e. The Balaban J connectivity index is 1.46. The largest absolute Gasteiger partial charge is 0.497 e. The first-order valence-corrected chi connectivity index (χ1v) is 13.2. The van der Waals surface area contributed by atoms with Crippen LogP contribution >= 0.6 is 0 Å². The molecule has 0 saturated carbocycles. The number of benzene rings is 2. The monoisotopic (exact) mass is 562 g/mol. The molecule has 0 bridgehead atoms. The van der Waals surface area contributed by atoms with Gasteiger partial charge in [0.25, 0.3) is 5.91 Å². The number of fused-ring (bicyclic) bond motifs is 1. The molecule has 4 aromatic rings. The maximum absolute atomic E-state index is 14.3. The minimum absolute atomic E-state index is 0.0192. The lowest BCUT2D eigenvalue weighted by molar-refractivity contribution is -0.143. The summed E-state index contributed by atoms with van der Waals surface area (Å²) >= 11 is 0. The lowest BCUT2D eigenvalue weighted by atomic mass is 10.0. The lowest BCUT2D eigenvalue weighted by Crippen LogP contribution is -2.54. The van der Waals surface area contributed by atoms with Gasteiger partial charge in [0.1, 0.15) is 11.3 Å². The summed E-state index contributed by atoms with van der Waals surface area (Å²) in [4.78, 5) is 22.2. The molecule has 2 aromatic carbocycles. The van der Waals surface area contributed by atoms with Crippen LogP contribution in [0.1, 0.15) is 52.6 Å². The summed E-state index contributed by atoms with van der Waals surface area (Å²) in [5.74, 6) is 0.147. The number of nitrogens with zero attached hydrogens (tertiary/aromatic N) is 6. The third kappa shape index (κ3) is 5.23. The zero-order chi connectivity index (χ0) is 29.5. The molecular formula is C30H29F3N6O2. The van der Waals surface area contributed by atoms with E-state index in [2.05, 4.69) is 28.0 Å². The van der Waals surface area contributed by atoms with Crippen molar-refractivity contribution in [3.05, 3.63) is 82.7 Å². The van der Waals surface area contributed by atoms with Crippen molar-refractivity contribution in [1.82, 2.24) is 24.4 Å². The van der Waals surface area contributed by atoms with E-state index < -0.39 is 17.8 Å². The third-order valence-electron chi connectivity index (χ3n) is 7.74. The average Bonchev–Trinajstić information content (AvgIpc) is 3.38. The molecule has 0 aliphatic carbocycles. The summed E-state index contributed by atoms with van der Waals surface area (Å²) in [5.41, 5.74) is 1.06. The third-order valence-corrected chi connectivity index (χ3v) is 7.74. The molecule has 2 aromatic heterocycles.